The van der Waals surface area contributed by atoms with Crippen LogP contribution in [0.1, 0.15) is 27.7 Å². The zero-order valence-electron chi connectivity index (χ0n) is 8.72. The van der Waals surface area contributed by atoms with Gasteiger partial charge in [0.25, 0.3) is 0 Å². The Hall–Kier alpha value is -0.830. The van der Waals surface area contributed by atoms with E-state index in [2.05, 4.69) is 11.6 Å². The lowest BCUT2D eigenvalue weighted by Crippen LogP contribution is -2.36. The molecule has 0 amide bonds. The van der Waals surface area contributed by atoms with E-state index in [1.54, 1.807) is 13.8 Å². The number of aliphatic imine (C=N–C) groups is 1. The lowest BCUT2D eigenvalue weighted by molar-refractivity contribution is 0.135. The van der Waals surface area contributed by atoms with Crippen LogP contribution < -0.4 is 0 Å². The molecule has 0 fully saturated rings. The number of hydrogen-bond donors (Lipinski definition) is 1. The highest BCUT2D eigenvalue weighted by Gasteiger charge is 2.38. The molecule has 13 heavy (non-hydrogen) atoms. The normalized spacial score (nSPS) is 24.5. The third kappa shape index (κ3) is 1.91. The van der Waals surface area contributed by atoms with Gasteiger partial charge in [0.2, 0.25) is 5.90 Å². The minimum absolute atomic E-state index is 0.227. The van der Waals surface area contributed by atoms with Gasteiger partial charge in [-0.3, -0.25) is 0 Å². The Morgan fingerprint density at radius 2 is 2.23 bits per heavy atom. The summed E-state index contributed by atoms with van der Waals surface area (Å²) in [5.74, 6) is 0.380. The second kappa shape index (κ2) is 2.84. The van der Waals surface area contributed by atoms with E-state index in [1.165, 1.54) is 0 Å². The summed E-state index contributed by atoms with van der Waals surface area (Å²) in [6, 6.07) is 0. The fraction of sp³-hybridized carbons (Fsp3) is 0.700. The molecule has 1 atom stereocenters. The van der Waals surface area contributed by atoms with Crippen LogP contribution in [0.15, 0.2) is 17.1 Å². The van der Waals surface area contributed by atoms with E-state index in [0.29, 0.717) is 18.1 Å². The smallest absolute Gasteiger partial charge is 0.221 e. The van der Waals surface area contributed by atoms with Crippen LogP contribution in [-0.2, 0) is 4.74 Å². The quantitative estimate of drug-likeness (QED) is 0.659. The summed E-state index contributed by atoms with van der Waals surface area (Å²) in [6.07, 6.45) is 0. The molecule has 74 valence electrons. The average Bonchev–Trinajstić information content (AvgIpc) is 2.30. The van der Waals surface area contributed by atoms with Gasteiger partial charge in [-0.25, -0.2) is 4.99 Å². The van der Waals surface area contributed by atoms with Crippen LogP contribution in [0.5, 0.6) is 0 Å². The van der Waals surface area contributed by atoms with E-state index < -0.39 is 5.60 Å². The van der Waals surface area contributed by atoms with Crippen LogP contribution in [0, 0.1) is 0 Å². The number of nitrogens with zero attached hydrogens (tertiary/aromatic N) is 1. The first-order valence-corrected chi connectivity index (χ1v) is 4.37. The molecular weight excluding hydrogens is 166 g/mol. The van der Waals surface area contributed by atoms with E-state index in [4.69, 9.17) is 4.74 Å². The maximum atomic E-state index is 9.97. The number of ether oxygens (including phenoxy) is 1. The van der Waals surface area contributed by atoms with Crippen molar-refractivity contribution in [2.75, 3.05) is 6.61 Å². The zero-order valence-corrected chi connectivity index (χ0v) is 8.72. The lowest BCUT2D eigenvalue weighted by atomic mass is 9.98. The molecule has 1 N–H and O–H groups in total. The van der Waals surface area contributed by atoms with Gasteiger partial charge in [0.1, 0.15) is 6.61 Å². The van der Waals surface area contributed by atoms with E-state index in [0.717, 1.165) is 0 Å². The monoisotopic (exact) mass is 183 g/mol. The average molecular weight is 183 g/mol. The molecule has 1 heterocycles. The van der Waals surface area contributed by atoms with Crippen molar-refractivity contribution in [1.82, 2.24) is 0 Å². The van der Waals surface area contributed by atoms with Crippen molar-refractivity contribution in [3.05, 3.63) is 12.2 Å². The van der Waals surface area contributed by atoms with Gasteiger partial charge >= 0.3 is 0 Å². The van der Waals surface area contributed by atoms with Gasteiger partial charge in [0, 0.05) is 0 Å². The summed E-state index contributed by atoms with van der Waals surface area (Å²) in [5.41, 5.74) is -0.716. The molecule has 0 bridgehead atoms. The molecule has 0 saturated heterocycles. The molecule has 0 aromatic carbocycles. The molecule has 0 aromatic heterocycles. The van der Waals surface area contributed by atoms with Gasteiger partial charge in [-0.2, -0.15) is 0 Å². The van der Waals surface area contributed by atoms with Crippen molar-refractivity contribution in [2.45, 2.75) is 38.8 Å². The molecule has 0 radical (unpaired) electrons. The van der Waals surface area contributed by atoms with E-state index >= 15 is 0 Å². The van der Waals surface area contributed by atoms with Gasteiger partial charge in [0.15, 0.2) is 5.60 Å². The first kappa shape index (κ1) is 10.3. The standard InChI is InChI=1S/C10H17NO2/c1-7(2)10(5,12)8-11-9(3,4)6-13-8/h12H,1,6H2,2-5H3. The van der Waals surface area contributed by atoms with Crippen molar-refractivity contribution in [1.29, 1.82) is 0 Å². The molecule has 0 aromatic rings. The van der Waals surface area contributed by atoms with E-state index in [9.17, 15) is 5.11 Å². The Kier molecular flexibility index (Phi) is 2.24. The molecular formula is C10H17NO2. The van der Waals surface area contributed by atoms with Crippen LogP contribution in [0.25, 0.3) is 0 Å². The van der Waals surface area contributed by atoms with Crippen LogP contribution in [0.2, 0.25) is 0 Å². The maximum absolute atomic E-state index is 9.97. The second-order valence-corrected chi connectivity index (χ2v) is 4.37. The van der Waals surface area contributed by atoms with Crippen LogP contribution >= 0.6 is 0 Å². The third-order valence-corrected chi connectivity index (χ3v) is 2.21. The molecule has 3 nitrogen and oxygen atoms in total. The molecule has 0 aliphatic carbocycles. The van der Waals surface area contributed by atoms with Gasteiger partial charge in [-0.05, 0) is 33.3 Å². The highest BCUT2D eigenvalue weighted by atomic mass is 16.5. The van der Waals surface area contributed by atoms with Crippen molar-refractivity contribution in [3.8, 4) is 0 Å². The first-order chi connectivity index (χ1) is 5.76. The van der Waals surface area contributed by atoms with Gasteiger partial charge in [-0.15, -0.1) is 0 Å². The molecule has 0 spiro atoms. The summed E-state index contributed by atoms with van der Waals surface area (Å²) < 4.78 is 5.33. The fourth-order valence-electron chi connectivity index (χ4n) is 1.02. The highest BCUT2D eigenvalue weighted by molar-refractivity contribution is 5.89. The first-order valence-electron chi connectivity index (χ1n) is 4.37. The number of rotatable bonds is 2. The summed E-state index contributed by atoms with van der Waals surface area (Å²) in [6.45, 7) is 11.6. The summed E-state index contributed by atoms with van der Waals surface area (Å²) in [7, 11) is 0. The fourth-order valence-corrected chi connectivity index (χ4v) is 1.02. The van der Waals surface area contributed by atoms with Crippen molar-refractivity contribution in [3.63, 3.8) is 0 Å². The Morgan fingerprint density at radius 3 is 2.54 bits per heavy atom. The molecule has 1 unspecified atom stereocenters. The van der Waals surface area contributed by atoms with Crippen LogP contribution in [-0.4, -0.2) is 28.8 Å². The maximum Gasteiger partial charge on any atom is 0.221 e. The second-order valence-electron chi connectivity index (χ2n) is 4.37. The Labute approximate surface area is 79.1 Å². The summed E-state index contributed by atoms with van der Waals surface area (Å²) >= 11 is 0. The van der Waals surface area contributed by atoms with Gasteiger partial charge in [-0.1, -0.05) is 6.58 Å². The minimum Gasteiger partial charge on any atom is -0.476 e. The van der Waals surface area contributed by atoms with Crippen molar-refractivity contribution < 1.29 is 9.84 Å². The minimum atomic E-state index is -1.13. The van der Waals surface area contributed by atoms with Crippen molar-refractivity contribution >= 4 is 5.90 Å². The highest BCUT2D eigenvalue weighted by Crippen LogP contribution is 2.26. The topological polar surface area (TPSA) is 41.8 Å². The molecule has 1 aliphatic heterocycles. The Balaban J connectivity index is 2.92. The number of aliphatic hydroxyl groups is 1. The van der Waals surface area contributed by atoms with Crippen LogP contribution in [0.4, 0.5) is 0 Å². The summed E-state index contributed by atoms with van der Waals surface area (Å²) in [5, 5.41) is 9.97. The van der Waals surface area contributed by atoms with Gasteiger partial charge in [0.05, 0.1) is 5.54 Å². The summed E-state index contributed by atoms with van der Waals surface area (Å²) in [4.78, 5) is 4.30. The number of hydrogen-bond acceptors (Lipinski definition) is 3. The molecule has 1 aliphatic rings. The molecule has 1 rings (SSSR count). The van der Waals surface area contributed by atoms with Crippen LogP contribution in [0.3, 0.4) is 0 Å². The van der Waals surface area contributed by atoms with E-state index in [1.807, 2.05) is 13.8 Å². The SMILES string of the molecule is C=C(C)C(C)(O)C1=NC(C)(C)CO1. The van der Waals surface area contributed by atoms with E-state index in [-0.39, 0.29) is 5.54 Å². The molecule has 0 saturated carbocycles. The predicted octanol–water partition coefficient (Wildman–Crippen LogP) is 1.52. The lowest BCUT2D eigenvalue weighted by Gasteiger charge is -2.22. The third-order valence-electron chi connectivity index (χ3n) is 2.21. The largest absolute Gasteiger partial charge is 0.476 e. The van der Waals surface area contributed by atoms with Gasteiger partial charge < -0.3 is 9.84 Å². The van der Waals surface area contributed by atoms with Crippen molar-refractivity contribution in [2.24, 2.45) is 4.99 Å². The predicted molar refractivity (Wildman–Crippen MR) is 52.9 cm³/mol. The Morgan fingerprint density at radius 1 is 1.69 bits per heavy atom. The Bertz CT molecular complexity index is 264. The molecule has 3 heteroatoms. The zero-order chi connectivity index (χ0) is 10.3.